The van der Waals surface area contributed by atoms with E-state index in [0.29, 0.717) is 0 Å². The van der Waals surface area contributed by atoms with Gasteiger partial charge in [0.2, 0.25) is 0 Å². The summed E-state index contributed by atoms with van der Waals surface area (Å²) in [5.41, 5.74) is -0.238. The van der Waals surface area contributed by atoms with Crippen LogP contribution >= 0.6 is 0 Å². The van der Waals surface area contributed by atoms with Crippen molar-refractivity contribution in [2.75, 3.05) is 26.3 Å². The van der Waals surface area contributed by atoms with E-state index in [4.69, 9.17) is 14.2 Å². The first-order valence-electron chi connectivity index (χ1n) is 8.83. The van der Waals surface area contributed by atoms with Gasteiger partial charge in [0.05, 0.1) is 23.1 Å². The molecule has 2 rings (SSSR count). The van der Waals surface area contributed by atoms with Crippen molar-refractivity contribution in [1.29, 1.82) is 0 Å². The van der Waals surface area contributed by atoms with E-state index >= 15 is 0 Å². The number of amides is 2. The standard InChI is InChI=1S/C18H18N4O9/c23-17(30-15-5-1-13(2-6-15)21(25)26)19-9-11-29-12-10-20-18(24)31-16-7-3-14(4-8-16)22(27)28/h1-8H,9-12H2,(H,19,23)(H,20,24). The number of benzene rings is 2. The van der Waals surface area contributed by atoms with E-state index in [1.165, 1.54) is 48.5 Å². The zero-order valence-electron chi connectivity index (χ0n) is 16.0. The summed E-state index contributed by atoms with van der Waals surface area (Å²) >= 11 is 0. The van der Waals surface area contributed by atoms with Crippen LogP contribution in [0.3, 0.4) is 0 Å². The van der Waals surface area contributed by atoms with Gasteiger partial charge in [0.15, 0.2) is 0 Å². The zero-order valence-corrected chi connectivity index (χ0v) is 16.0. The second-order valence-corrected chi connectivity index (χ2v) is 5.75. The lowest BCUT2D eigenvalue weighted by Gasteiger charge is -2.08. The molecule has 0 spiro atoms. The maximum Gasteiger partial charge on any atom is 0.412 e. The van der Waals surface area contributed by atoms with Gasteiger partial charge in [-0.3, -0.25) is 20.2 Å². The van der Waals surface area contributed by atoms with Gasteiger partial charge in [-0.2, -0.15) is 0 Å². The molecular formula is C18H18N4O9. The van der Waals surface area contributed by atoms with Crippen molar-refractivity contribution < 1.29 is 33.6 Å². The maximum absolute atomic E-state index is 11.6. The molecule has 0 aliphatic rings. The number of rotatable bonds is 10. The molecule has 31 heavy (non-hydrogen) atoms. The molecule has 164 valence electrons. The summed E-state index contributed by atoms with van der Waals surface area (Å²) in [5.74, 6) is 0.305. The lowest BCUT2D eigenvalue weighted by molar-refractivity contribution is -0.385. The normalized spacial score (nSPS) is 10.1. The number of hydrogen-bond acceptors (Lipinski definition) is 9. The number of ether oxygens (including phenoxy) is 3. The Morgan fingerprint density at radius 1 is 0.710 bits per heavy atom. The van der Waals surface area contributed by atoms with E-state index in [-0.39, 0.29) is 49.2 Å². The Kier molecular flexibility index (Phi) is 8.67. The molecule has 0 bridgehead atoms. The fourth-order valence-corrected chi connectivity index (χ4v) is 2.11. The molecule has 0 aliphatic heterocycles. The maximum atomic E-state index is 11.6. The van der Waals surface area contributed by atoms with Gasteiger partial charge in [0, 0.05) is 37.4 Å². The van der Waals surface area contributed by atoms with E-state index in [9.17, 15) is 29.8 Å². The van der Waals surface area contributed by atoms with E-state index < -0.39 is 22.0 Å². The van der Waals surface area contributed by atoms with Crippen LogP contribution in [0.2, 0.25) is 0 Å². The summed E-state index contributed by atoms with van der Waals surface area (Å²) in [7, 11) is 0. The number of nitrogens with zero attached hydrogens (tertiary/aromatic N) is 2. The average molecular weight is 434 g/mol. The smallest absolute Gasteiger partial charge is 0.410 e. The third-order valence-corrected chi connectivity index (χ3v) is 3.55. The second kappa shape index (κ2) is 11.7. The largest absolute Gasteiger partial charge is 0.412 e. The van der Waals surface area contributed by atoms with E-state index in [2.05, 4.69) is 10.6 Å². The summed E-state index contributed by atoms with van der Waals surface area (Å²) in [6.07, 6.45) is -1.50. The summed E-state index contributed by atoms with van der Waals surface area (Å²) in [6.45, 7) is 0.570. The molecule has 0 heterocycles. The van der Waals surface area contributed by atoms with Crippen molar-refractivity contribution in [2.24, 2.45) is 0 Å². The highest BCUT2D eigenvalue weighted by atomic mass is 16.6. The van der Waals surface area contributed by atoms with Crippen molar-refractivity contribution in [2.45, 2.75) is 0 Å². The summed E-state index contributed by atoms with van der Waals surface area (Å²) in [4.78, 5) is 43.2. The van der Waals surface area contributed by atoms with E-state index in [1.807, 2.05) is 0 Å². The lowest BCUT2D eigenvalue weighted by Crippen LogP contribution is -2.32. The Labute approximate surface area is 175 Å². The van der Waals surface area contributed by atoms with Gasteiger partial charge in [-0.1, -0.05) is 0 Å². The topological polar surface area (TPSA) is 172 Å². The van der Waals surface area contributed by atoms with Gasteiger partial charge in [0.1, 0.15) is 11.5 Å². The summed E-state index contributed by atoms with van der Waals surface area (Å²) in [6, 6.07) is 10.1. The molecule has 0 saturated heterocycles. The highest BCUT2D eigenvalue weighted by molar-refractivity contribution is 5.70. The zero-order chi connectivity index (χ0) is 22.6. The van der Waals surface area contributed by atoms with Crippen LogP contribution in [0.15, 0.2) is 48.5 Å². The fraction of sp³-hybridized carbons (Fsp3) is 0.222. The van der Waals surface area contributed by atoms with Crippen LogP contribution < -0.4 is 20.1 Å². The van der Waals surface area contributed by atoms with Crippen molar-refractivity contribution in [3.05, 3.63) is 68.8 Å². The number of nitro benzene ring substituents is 2. The van der Waals surface area contributed by atoms with Crippen LogP contribution in [0.4, 0.5) is 21.0 Å². The Balaban J connectivity index is 1.53. The monoisotopic (exact) mass is 434 g/mol. The molecule has 0 aliphatic carbocycles. The minimum Gasteiger partial charge on any atom is -0.410 e. The van der Waals surface area contributed by atoms with Crippen molar-refractivity contribution in [3.63, 3.8) is 0 Å². The molecule has 0 radical (unpaired) electrons. The molecule has 2 N–H and O–H groups in total. The van der Waals surface area contributed by atoms with Crippen molar-refractivity contribution >= 4 is 23.6 Å². The third kappa shape index (κ3) is 8.33. The van der Waals surface area contributed by atoms with Crippen LogP contribution in [0.5, 0.6) is 11.5 Å². The molecule has 0 unspecified atom stereocenters. The molecule has 0 fully saturated rings. The quantitative estimate of drug-likeness (QED) is 0.323. The number of hydrogen-bond donors (Lipinski definition) is 2. The predicted molar refractivity (Wildman–Crippen MR) is 105 cm³/mol. The molecule has 13 heteroatoms. The lowest BCUT2D eigenvalue weighted by atomic mass is 10.3. The average Bonchev–Trinajstić information content (AvgIpc) is 2.73. The molecular weight excluding hydrogens is 416 g/mol. The predicted octanol–water partition coefficient (Wildman–Crippen LogP) is 2.40. The first-order valence-corrected chi connectivity index (χ1v) is 8.83. The van der Waals surface area contributed by atoms with Gasteiger partial charge < -0.3 is 24.8 Å². The number of nitrogens with one attached hydrogen (secondary N) is 2. The minimum atomic E-state index is -0.748. The highest BCUT2D eigenvalue weighted by Crippen LogP contribution is 2.18. The number of non-ortho nitro benzene ring substituents is 2. The summed E-state index contributed by atoms with van der Waals surface area (Å²) < 4.78 is 15.1. The first-order chi connectivity index (χ1) is 14.8. The summed E-state index contributed by atoms with van der Waals surface area (Å²) in [5, 5.41) is 26.0. The molecule has 0 atom stereocenters. The van der Waals surface area contributed by atoms with Gasteiger partial charge in [-0.15, -0.1) is 0 Å². The second-order valence-electron chi connectivity index (χ2n) is 5.75. The van der Waals surface area contributed by atoms with Crippen LogP contribution in [-0.4, -0.2) is 48.3 Å². The van der Waals surface area contributed by atoms with Crippen molar-refractivity contribution in [3.8, 4) is 11.5 Å². The molecule has 0 aromatic heterocycles. The molecule has 2 amide bonds. The van der Waals surface area contributed by atoms with Gasteiger partial charge in [0.25, 0.3) is 11.4 Å². The van der Waals surface area contributed by atoms with Gasteiger partial charge >= 0.3 is 12.2 Å². The molecule has 2 aromatic carbocycles. The van der Waals surface area contributed by atoms with Crippen molar-refractivity contribution in [1.82, 2.24) is 10.6 Å². The first kappa shape index (κ1) is 23.0. The van der Waals surface area contributed by atoms with Gasteiger partial charge in [-0.25, -0.2) is 9.59 Å². The van der Waals surface area contributed by atoms with Gasteiger partial charge in [-0.05, 0) is 24.3 Å². The minimum absolute atomic E-state index is 0.119. The SMILES string of the molecule is O=C(NCCOCCNC(=O)Oc1ccc([N+](=O)[O-])cc1)Oc1ccc([N+](=O)[O-])cc1. The Hall–Kier alpha value is -4.26. The molecule has 13 nitrogen and oxygen atoms in total. The number of carbonyl (C=O) groups excluding carboxylic acids is 2. The fourth-order valence-electron chi connectivity index (χ4n) is 2.11. The Bertz CT molecular complexity index is 841. The molecule has 2 aromatic rings. The number of nitro groups is 2. The van der Waals surface area contributed by atoms with Crippen LogP contribution in [-0.2, 0) is 4.74 Å². The van der Waals surface area contributed by atoms with Crippen LogP contribution in [0, 0.1) is 20.2 Å². The number of carbonyl (C=O) groups is 2. The molecule has 0 saturated carbocycles. The third-order valence-electron chi connectivity index (χ3n) is 3.55. The Morgan fingerprint density at radius 2 is 1.06 bits per heavy atom. The van der Waals surface area contributed by atoms with E-state index in [1.54, 1.807) is 0 Å². The van der Waals surface area contributed by atoms with Crippen LogP contribution in [0.1, 0.15) is 0 Å². The van der Waals surface area contributed by atoms with E-state index in [0.717, 1.165) is 0 Å². The van der Waals surface area contributed by atoms with Crippen LogP contribution in [0.25, 0.3) is 0 Å². The highest BCUT2D eigenvalue weighted by Gasteiger charge is 2.09. The Morgan fingerprint density at radius 3 is 1.39 bits per heavy atom.